The first-order valence-electron chi connectivity index (χ1n) is 8.06. The van der Waals surface area contributed by atoms with Crippen LogP contribution in [0.2, 0.25) is 0 Å². The third-order valence-corrected chi connectivity index (χ3v) is 5.29. The number of esters is 1. The van der Waals surface area contributed by atoms with Crippen molar-refractivity contribution in [2.24, 2.45) is 0 Å². The van der Waals surface area contributed by atoms with Gasteiger partial charge in [-0.2, -0.15) is 0 Å². The van der Waals surface area contributed by atoms with Crippen LogP contribution >= 0.6 is 27.7 Å². The van der Waals surface area contributed by atoms with Crippen molar-refractivity contribution in [3.63, 3.8) is 0 Å². The van der Waals surface area contributed by atoms with Gasteiger partial charge in [0.2, 0.25) is 0 Å². The normalized spacial score (nSPS) is 10.2. The van der Waals surface area contributed by atoms with Gasteiger partial charge in [0.25, 0.3) is 11.8 Å². The van der Waals surface area contributed by atoms with E-state index in [1.165, 1.54) is 17.3 Å². The molecule has 2 N–H and O–H groups in total. The number of carbonyl (C=O) groups excluding carboxylic acids is 3. The number of thioether (sulfide) groups is 1. The van der Waals surface area contributed by atoms with E-state index < -0.39 is 24.4 Å². The molecule has 0 aromatic heterocycles. The molecule has 0 saturated heterocycles. The van der Waals surface area contributed by atoms with Gasteiger partial charge in [-0.05, 0) is 65.2 Å². The molecule has 0 atom stereocenters. The average Bonchev–Trinajstić information content (AvgIpc) is 2.65. The number of hydrogen-bond acceptors (Lipinski definition) is 5. The first kappa shape index (κ1) is 21.0. The second kappa shape index (κ2) is 10.1. The summed E-state index contributed by atoms with van der Waals surface area (Å²) >= 11 is 4.59. The molecule has 0 fully saturated rings. The fraction of sp³-hybridized carbons (Fsp3) is 0.211. The smallest absolute Gasteiger partial charge is 0.316 e. The monoisotopic (exact) mass is 450 g/mol. The van der Waals surface area contributed by atoms with Gasteiger partial charge in [0.1, 0.15) is 0 Å². The third kappa shape index (κ3) is 6.73. The summed E-state index contributed by atoms with van der Waals surface area (Å²) in [7, 11) is 0. The number of aryl methyl sites for hydroxylation is 2. The van der Waals surface area contributed by atoms with Gasteiger partial charge in [0, 0.05) is 9.37 Å². The maximum Gasteiger partial charge on any atom is 0.316 e. The topological polar surface area (TPSA) is 84.5 Å². The van der Waals surface area contributed by atoms with Crippen LogP contribution in [0, 0.1) is 13.8 Å². The Morgan fingerprint density at radius 1 is 1.04 bits per heavy atom. The lowest BCUT2D eigenvalue weighted by atomic mass is 10.1. The van der Waals surface area contributed by atoms with Gasteiger partial charge in [-0.1, -0.05) is 18.2 Å². The highest BCUT2D eigenvalue weighted by molar-refractivity contribution is 9.10. The molecule has 142 valence electrons. The van der Waals surface area contributed by atoms with Crippen LogP contribution in [0.5, 0.6) is 0 Å². The number of hydrogen-bond donors (Lipinski definition) is 2. The number of nitrogens with one attached hydrogen (secondary N) is 2. The number of rotatable bonds is 6. The van der Waals surface area contributed by atoms with E-state index >= 15 is 0 Å². The lowest BCUT2D eigenvalue weighted by molar-refractivity contribution is -0.146. The molecule has 0 bridgehead atoms. The second-order valence-corrected chi connectivity index (χ2v) is 7.58. The van der Waals surface area contributed by atoms with Crippen LogP contribution in [0.25, 0.3) is 0 Å². The maximum absolute atomic E-state index is 12.0. The molecule has 2 aromatic carbocycles. The number of hydrazine groups is 1. The number of ether oxygens (including phenoxy) is 1. The van der Waals surface area contributed by atoms with Crippen molar-refractivity contribution in [3.05, 3.63) is 63.6 Å². The van der Waals surface area contributed by atoms with E-state index in [2.05, 4.69) is 26.8 Å². The minimum absolute atomic E-state index is 0.0963. The molecule has 2 amide bonds. The van der Waals surface area contributed by atoms with Crippen molar-refractivity contribution in [2.45, 2.75) is 18.7 Å². The minimum atomic E-state index is -0.625. The zero-order chi connectivity index (χ0) is 19.8. The Morgan fingerprint density at radius 3 is 2.48 bits per heavy atom. The molecule has 2 aromatic rings. The van der Waals surface area contributed by atoms with Crippen molar-refractivity contribution < 1.29 is 19.1 Å². The average molecular weight is 451 g/mol. The molecule has 0 saturated carbocycles. The molecular formula is C19H19BrN2O4S. The molecular weight excluding hydrogens is 432 g/mol. The predicted octanol–water partition coefficient (Wildman–Crippen LogP) is 3.16. The summed E-state index contributed by atoms with van der Waals surface area (Å²) in [4.78, 5) is 36.4. The largest absolute Gasteiger partial charge is 0.455 e. The molecule has 6 nitrogen and oxygen atoms in total. The highest BCUT2D eigenvalue weighted by Crippen LogP contribution is 2.21. The highest BCUT2D eigenvalue weighted by atomic mass is 79.9. The molecule has 8 heteroatoms. The van der Waals surface area contributed by atoms with E-state index in [1.54, 1.807) is 24.3 Å². The van der Waals surface area contributed by atoms with E-state index in [0.29, 0.717) is 10.0 Å². The Bertz CT molecular complexity index is 857. The van der Waals surface area contributed by atoms with E-state index in [0.717, 1.165) is 10.5 Å². The van der Waals surface area contributed by atoms with Gasteiger partial charge < -0.3 is 4.74 Å². The van der Waals surface area contributed by atoms with Gasteiger partial charge in [0.05, 0.1) is 11.3 Å². The lowest BCUT2D eigenvalue weighted by Gasteiger charge is -2.09. The number of carbonyl (C=O) groups is 3. The quantitative estimate of drug-likeness (QED) is 0.401. The Kier molecular flexibility index (Phi) is 7.87. The molecule has 0 aliphatic rings. The zero-order valence-electron chi connectivity index (χ0n) is 14.9. The Labute approximate surface area is 170 Å². The van der Waals surface area contributed by atoms with Crippen molar-refractivity contribution in [1.29, 1.82) is 0 Å². The molecule has 0 aliphatic heterocycles. The van der Waals surface area contributed by atoms with E-state index in [1.807, 2.05) is 32.0 Å². The number of benzene rings is 2. The third-order valence-electron chi connectivity index (χ3n) is 3.63. The van der Waals surface area contributed by atoms with E-state index in [-0.39, 0.29) is 5.75 Å². The van der Waals surface area contributed by atoms with Gasteiger partial charge in [-0.25, -0.2) is 0 Å². The lowest BCUT2D eigenvalue weighted by Crippen LogP contribution is -2.43. The first-order chi connectivity index (χ1) is 12.9. The van der Waals surface area contributed by atoms with E-state index in [4.69, 9.17) is 4.74 Å². The summed E-state index contributed by atoms with van der Waals surface area (Å²) in [5, 5.41) is 0. The number of amides is 2. The molecule has 0 unspecified atom stereocenters. The van der Waals surface area contributed by atoms with Crippen molar-refractivity contribution in [3.8, 4) is 0 Å². The summed E-state index contributed by atoms with van der Waals surface area (Å²) in [6.07, 6.45) is 0. The van der Waals surface area contributed by atoms with Gasteiger partial charge in [-0.3, -0.25) is 25.2 Å². The van der Waals surface area contributed by atoms with E-state index in [9.17, 15) is 14.4 Å². The summed E-state index contributed by atoms with van der Waals surface area (Å²) in [6, 6.07) is 12.7. The van der Waals surface area contributed by atoms with Crippen LogP contribution in [-0.2, 0) is 14.3 Å². The second-order valence-electron chi connectivity index (χ2n) is 5.68. The van der Waals surface area contributed by atoms with Crippen LogP contribution < -0.4 is 10.9 Å². The standard InChI is InChI=1S/C19H19BrN2O4S/c1-12-7-8-14(9-13(12)2)27-11-18(24)26-10-17(23)21-22-19(25)15-5-3-4-6-16(15)20/h3-9H,10-11H2,1-2H3,(H,21,23)(H,22,25). The van der Waals surface area contributed by atoms with Crippen LogP contribution in [0.15, 0.2) is 51.8 Å². The summed E-state index contributed by atoms with van der Waals surface area (Å²) < 4.78 is 5.51. The van der Waals surface area contributed by atoms with Crippen molar-refractivity contribution in [1.82, 2.24) is 10.9 Å². The summed E-state index contributed by atoms with van der Waals surface area (Å²) in [5.41, 5.74) is 7.18. The molecule has 0 spiro atoms. The first-order valence-corrected chi connectivity index (χ1v) is 9.84. The van der Waals surface area contributed by atoms with Crippen molar-refractivity contribution in [2.75, 3.05) is 12.4 Å². The van der Waals surface area contributed by atoms with Crippen LogP contribution in [0.1, 0.15) is 21.5 Å². The van der Waals surface area contributed by atoms with Gasteiger partial charge in [0.15, 0.2) is 6.61 Å². The minimum Gasteiger partial charge on any atom is -0.455 e. The molecule has 27 heavy (non-hydrogen) atoms. The van der Waals surface area contributed by atoms with Crippen LogP contribution in [0.3, 0.4) is 0 Å². The highest BCUT2D eigenvalue weighted by Gasteiger charge is 2.12. The van der Waals surface area contributed by atoms with Gasteiger partial charge in [-0.15, -0.1) is 11.8 Å². The fourth-order valence-electron chi connectivity index (χ4n) is 2.01. The fourth-order valence-corrected chi connectivity index (χ4v) is 3.27. The Hall–Kier alpha value is -2.32. The van der Waals surface area contributed by atoms with Gasteiger partial charge >= 0.3 is 5.97 Å². The Balaban J connectivity index is 1.70. The van der Waals surface area contributed by atoms with Crippen molar-refractivity contribution >= 4 is 45.5 Å². The zero-order valence-corrected chi connectivity index (χ0v) is 17.3. The maximum atomic E-state index is 12.0. The van der Waals surface area contributed by atoms with Crippen LogP contribution in [-0.4, -0.2) is 30.1 Å². The Morgan fingerprint density at radius 2 is 1.78 bits per heavy atom. The number of halogens is 1. The van der Waals surface area contributed by atoms with Crippen LogP contribution in [0.4, 0.5) is 0 Å². The molecule has 0 radical (unpaired) electrons. The summed E-state index contributed by atoms with van der Waals surface area (Å²) in [6.45, 7) is 3.55. The molecule has 0 heterocycles. The summed E-state index contributed by atoms with van der Waals surface area (Å²) in [5.74, 6) is -1.52. The SMILES string of the molecule is Cc1ccc(SCC(=O)OCC(=O)NNC(=O)c2ccccc2Br)cc1C. The molecule has 0 aliphatic carbocycles. The predicted molar refractivity (Wildman–Crippen MR) is 107 cm³/mol. The molecule has 2 rings (SSSR count).